The van der Waals surface area contributed by atoms with Crippen LogP contribution in [0.1, 0.15) is 54.0 Å². The Morgan fingerprint density at radius 1 is 1.00 bits per heavy atom. The van der Waals surface area contributed by atoms with Gasteiger partial charge in [-0.3, -0.25) is 4.79 Å². The summed E-state index contributed by atoms with van der Waals surface area (Å²) < 4.78 is 23.7. The number of anilines is 1. The van der Waals surface area contributed by atoms with E-state index in [4.69, 9.17) is 18.6 Å². The molecule has 0 bridgehead atoms. The fraction of sp³-hybridized carbons (Fsp3) is 0.452. The monoisotopic (exact) mass is 641 g/mol. The molecule has 1 aliphatic rings. The van der Waals surface area contributed by atoms with Crippen LogP contribution in [-0.2, 0) is 0 Å². The Bertz CT molecular complexity index is 1670. The van der Waals surface area contributed by atoms with Crippen molar-refractivity contribution >= 4 is 57.6 Å². The Morgan fingerprint density at radius 2 is 1.68 bits per heavy atom. The van der Waals surface area contributed by atoms with E-state index in [1.807, 2.05) is 17.0 Å². The van der Waals surface area contributed by atoms with E-state index in [1.165, 1.54) is 11.1 Å². The Morgan fingerprint density at radius 3 is 2.27 bits per heavy atom. The van der Waals surface area contributed by atoms with Gasteiger partial charge in [-0.25, -0.2) is 0 Å². The Labute approximate surface area is 250 Å². The molecule has 0 saturated carbocycles. The molecular formula is C31H40BrN3O5Si. The van der Waals surface area contributed by atoms with Crippen LogP contribution in [0.5, 0.6) is 23.0 Å². The summed E-state index contributed by atoms with van der Waals surface area (Å²) in [5.41, 5.74) is 6.51. The number of fused-ring (bicyclic) bond motifs is 4. The van der Waals surface area contributed by atoms with Gasteiger partial charge in [-0.2, -0.15) is 0 Å². The van der Waals surface area contributed by atoms with Crippen LogP contribution in [0.25, 0.3) is 21.8 Å². The SMILES string of the molecule is COc1cc2cc(C(=O)N3CC(CBr)c4c3cc(O[Si](C)(C)C(C)(C)C)c3[nH]c(C)c(C)c43)[nH]c2c(OC)c1OC. The van der Waals surface area contributed by atoms with Gasteiger partial charge in [0.2, 0.25) is 5.75 Å². The predicted molar refractivity (Wildman–Crippen MR) is 172 cm³/mol. The first-order chi connectivity index (χ1) is 19.3. The molecule has 0 saturated heterocycles. The number of rotatable bonds is 7. The molecule has 3 heterocycles. The maximum absolute atomic E-state index is 14.3. The highest BCUT2D eigenvalue weighted by Gasteiger charge is 2.41. The van der Waals surface area contributed by atoms with Crippen LogP contribution in [0.2, 0.25) is 18.1 Å². The summed E-state index contributed by atoms with van der Waals surface area (Å²) in [4.78, 5) is 23.1. The van der Waals surface area contributed by atoms with Gasteiger partial charge in [0.15, 0.2) is 11.5 Å². The van der Waals surface area contributed by atoms with Gasteiger partial charge in [-0.1, -0.05) is 36.7 Å². The number of benzene rings is 2. The number of aryl methyl sites for hydroxylation is 2. The number of halogens is 1. The van der Waals surface area contributed by atoms with Gasteiger partial charge in [-0.15, -0.1) is 0 Å². The summed E-state index contributed by atoms with van der Waals surface area (Å²) in [5, 5.41) is 2.71. The maximum Gasteiger partial charge on any atom is 0.274 e. The molecule has 0 fully saturated rings. The average molecular weight is 643 g/mol. The van der Waals surface area contributed by atoms with Crippen molar-refractivity contribution in [2.24, 2.45) is 0 Å². The number of hydrogen-bond acceptors (Lipinski definition) is 5. The van der Waals surface area contributed by atoms with Gasteiger partial charge in [0.25, 0.3) is 14.2 Å². The van der Waals surface area contributed by atoms with Crippen molar-refractivity contribution in [3.05, 3.63) is 40.7 Å². The van der Waals surface area contributed by atoms with Crippen LogP contribution in [0.15, 0.2) is 18.2 Å². The zero-order chi connectivity index (χ0) is 30.0. The number of nitrogens with one attached hydrogen (secondary N) is 2. The number of alkyl halides is 1. The summed E-state index contributed by atoms with van der Waals surface area (Å²) >= 11 is 3.74. The van der Waals surface area contributed by atoms with Crippen molar-refractivity contribution in [1.29, 1.82) is 0 Å². The predicted octanol–water partition coefficient (Wildman–Crippen LogP) is 7.81. The van der Waals surface area contributed by atoms with Crippen molar-refractivity contribution in [3.63, 3.8) is 0 Å². The van der Waals surface area contributed by atoms with Crippen LogP contribution in [0.4, 0.5) is 5.69 Å². The minimum absolute atomic E-state index is 0.0223. The molecule has 8 nitrogen and oxygen atoms in total. The molecule has 220 valence electrons. The molecule has 10 heteroatoms. The lowest BCUT2D eigenvalue weighted by molar-refractivity contribution is 0.0984. The Balaban J connectivity index is 1.68. The highest BCUT2D eigenvalue weighted by molar-refractivity contribution is 9.09. The van der Waals surface area contributed by atoms with E-state index in [1.54, 1.807) is 21.3 Å². The lowest BCUT2D eigenvalue weighted by atomic mass is 9.96. The van der Waals surface area contributed by atoms with E-state index in [-0.39, 0.29) is 16.9 Å². The lowest BCUT2D eigenvalue weighted by Crippen LogP contribution is -2.44. The summed E-state index contributed by atoms with van der Waals surface area (Å²) in [5.74, 6) is 2.32. The maximum atomic E-state index is 14.3. The van der Waals surface area contributed by atoms with E-state index in [2.05, 4.69) is 79.7 Å². The topological polar surface area (TPSA) is 88.8 Å². The third-order valence-electron chi connectivity index (χ3n) is 8.91. The molecule has 5 rings (SSSR count). The number of hydrogen-bond donors (Lipinski definition) is 2. The highest BCUT2D eigenvalue weighted by Crippen LogP contribution is 2.50. The molecule has 2 N–H and O–H groups in total. The normalized spacial score (nSPS) is 15.5. The minimum Gasteiger partial charge on any atom is -0.542 e. The second-order valence-corrected chi connectivity index (χ2v) is 17.7. The van der Waals surface area contributed by atoms with E-state index in [9.17, 15) is 4.79 Å². The molecule has 0 aliphatic carbocycles. The lowest BCUT2D eigenvalue weighted by Gasteiger charge is -2.36. The van der Waals surface area contributed by atoms with Crippen molar-refractivity contribution in [2.45, 2.75) is 58.7 Å². The Hall–Kier alpha value is -3.11. The minimum atomic E-state index is -2.17. The van der Waals surface area contributed by atoms with Crippen LogP contribution in [-0.4, -0.2) is 57.4 Å². The van der Waals surface area contributed by atoms with Gasteiger partial charge in [0, 0.05) is 40.3 Å². The van der Waals surface area contributed by atoms with Crippen molar-refractivity contribution in [2.75, 3.05) is 38.1 Å². The number of H-pyrrole nitrogens is 2. The highest BCUT2D eigenvalue weighted by atomic mass is 79.9. The fourth-order valence-corrected chi connectivity index (χ4v) is 7.07. The second-order valence-electron chi connectivity index (χ2n) is 12.4. The van der Waals surface area contributed by atoms with Crippen molar-refractivity contribution in [3.8, 4) is 23.0 Å². The quantitative estimate of drug-likeness (QED) is 0.159. The van der Waals surface area contributed by atoms with Crippen LogP contribution >= 0.6 is 15.9 Å². The molecule has 0 spiro atoms. The smallest absolute Gasteiger partial charge is 0.274 e. The third kappa shape index (κ3) is 4.59. The summed E-state index contributed by atoms with van der Waals surface area (Å²) in [6.45, 7) is 16.0. The Kier molecular flexibility index (Phi) is 7.39. The van der Waals surface area contributed by atoms with Gasteiger partial charge in [-0.05, 0) is 55.2 Å². The summed E-state index contributed by atoms with van der Waals surface area (Å²) in [7, 11) is 2.56. The first-order valence-corrected chi connectivity index (χ1v) is 17.8. The van der Waals surface area contributed by atoms with Gasteiger partial charge in [0.1, 0.15) is 11.4 Å². The molecule has 1 amide bonds. The standard InChI is InChI=1S/C31H40BrN3O5Si/c1-16-17(2)33-27-22(40-41(9,10)31(3,4)5)13-21-25(24(16)27)19(14-32)15-35(21)30(36)20-11-18-12-23(37-6)28(38-7)29(39-8)26(18)34-20/h11-13,19,33-34H,14-15H2,1-10H3. The molecule has 0 radical (unpaired) electrons. The molecule has 4 aromatic rings. The van der Waals surface area contributed by atoms with E-state index >= 15 is 0 Å². The second kappa shape index (κ2) is 10.3. The van der Waals surface area contributed by atoms with Crippen LogP contribution in [0, 0.1) is 13.8 Å². The summed E-state index contributed by atoms with van der Waals surface area (Å²) in [6.07, 6.45) is 0. The van der Waals surface area contributed by atoms with Gasteiger partial charge in [0.05, 0.1) is 38.1 Å². The number of amides is 1. The number of nitrogens with zero attached hydrogens (tertiary/aromatic N) is 1. The number of carbonyl (C=O) groups is 1. The molecular weight excluding hydrogens is 602 g/mol. The van der Waals surface area contributed by atoms with Crippen molar-refractivity contribution < 1.29 is 23.4 Å². The van der Waals surface area contributed by atoms with Crippen LogP contribution in [0.3, 0.4) is 0 Å². The number of ether oxygens (including phenoxy) is 3. The van der Waals surface area contributed by atoms with Crippen molar-refractivity contribution in [1.82, 2.24) is 9.97 Å². The largest absolute Gasteiger partial charge is 0.542 e. The van der Waals surface area contributed by atoms with E-state index in [0.29, 0.717) is 35.0 Å². The number of carbonyl (C=O) groups excluding carboxylic acids is 1. The van der Waals surface area contributed by atoms with Crippen LogP contribution < -0.4 is 23.5 Å². The van der Waals surface area contributed by atoms with E-state index in [0.717, 1.165) is 38.8 Å². The first kappa shape index (κ1) is 29.4. The molecule has 2 aromatic carbocycles. The molecule has 1 unspecified atom stereocenters. The third-order valence-corrected chi connectivity index (χ3v) is 14.0. The first-order valence-electron chi connectivity index (χ1n) is 13.8. The number of aromatic nitrogens is 2. The molecule has 1 aliphatic heterocycles. The summed E-state index contributed by atoms with van der Waals surface area (Å²) in [6, 6.07) is 5.77. The zero-order valence-electron chi connectivity index (χ0n) is 25.6. The molecule has 1 atom stereocenters. The van der Waals surface area contributed by atoms with Gasteiger partial charge < -0.3 is 33.5 Å². The average Bonchev–Trinajstić information content (AvgIpc) is 3.59. The fourth-order valence-electron chi connectivity index (χ4n) is 5.52. The zero-order valence-corrected chi connectivity index (χ0v) is 28.2. The van der Waals surface area contributed by atoms with Gasteiger partial charge >= 0.3 is 0 Å². The van der Waals surface area contributed by atoms with E-state index < -0.39 is 8.32 Å². The number of methoxy groups -OCH3 is 3. The molecule has 41 heavy (non-hydrogen) atoms. The number of aromatic amines is 2. The molecule has 2 aromatic heterocycles.